The zero-order chi connectivity index (χ0) is 12.9. The number of carbonyl (C=O) groups is 1. The van der Waals surface area contributed by atoms with Crippen molar-refractivity contribution in [3.8, 4) is 0 Å². The number of sulfonamides is 1. The molecule has 0 atom stereocenters. The van der Waals surface area contributed by atoms with Crippen LogP contribution in [-0.2, 0) is 10.0 Å². The third-order valence-corrected chi connectivity index (χ3v) is 3.70. The summed E-state index contributed by atoms with van der Waals surface area (Å²) < 4.78 is 25.1. The molecule has 9 heteroatoms. The maximum Gasteiger partial charge on any atom is 0.271 e. The fraction of sp³-hybridized carbons (Fsp3) is 0.500. The van der Waals surface area contributed by atoms with Gasteiger partial charge in [0.1, 0.15) is 4.60 Å². The van der Waals surface area contributed by atoms with E-state index in [0.29, 0.717) is 4.60 Å². The second-order valence-electron chi connectivity index (χ2n) is 3.15. The van der Waals surface area contributed by atoms with E-state index >= 15 is 0 Å². The third-order valence-electron chi connectivity index (χ3n) is 1.89. The number of aromatic amines is 1. The fourth-order valence-corrected chi connectivity index (χ4v) is 1.91. The molecule has 3 N–H and O–H groups in total. The highest BCUT2D eigenvalue weighted by atomic mass is 79.9. The van der Waals surface area contributed by atoms with Crippen LogP contribution in [-0.4, -0.2) is 43.4 Å². The summed E-state index contributed by atoms with van der Waals surface area (Å²) in [6.45, 7) is 1.91. The summed E-state index contributed by atoms with van der Waals surface area (Å²) in [7, 11) is -3.21. The Morgan fingerprint density at radius 2 is 2.24 bits per heavy atom. The molecule has 0 aliphatic heterocycles. The molecule has 1 rings (SSSR count). The monoisotopic (exact) mass is 324 g/mol. The van der Waals surface area contributed by atoms with Crippen LogP contribution in [0.3, 0.4) is 0 Å². The molecular formula is C8H13BrN4O3S. The summed E-state index contributed by atoms with van der Waals surface area (Å²) >= 11 is 3.13. The molecule has 0 spiro atoms. The number of nitrogens with one attached hydrogen (secondary N) is 3. The standard InChI is InChI=1S/C8H13BrN4O3S/c1-2-17(15,16)11-4-3-10-8(14)6-5-7(9)13-12-6/h5,11H,2-4H2,1H3,(H,10,14)(H,12,13). The molecule has 0 aliphatic carbocycles. The molecule has 96 valence electrons. The van der Waals surface area contributed by atoms with Crippen LogP contribution in [0.5, 0.6) is 0 Å². The first-order valence-corrected chi connectivity index (χ1v) is 7.35. The Bertz CT molecular complexity index is 485. The van der Waals surface area contributed by atoms with E-state index < -0.39 is 10.0 Å². The lowest BCUT2D eigenvalue weighted by Gasteiger charge is -2.05. The van der Waals surface area contributed by atoms with Crippen molar-refractivity contribution in [2.24, 2.45) is 0 Å². The molecule has 1 aromatic rings. The Kier molecular flexibility index (Phi) is 5.09. The number of hydrogen-bond acceptors (Lipinski definition) is 4. The van der Waals surface area contributed by atoms with E-state index in [1.165, 1.54) is 6.07 Å². The summed E-state index contributed by atoms with van der Waals surface area (Å²) in [6, 6.07) is 1.53. The van der Waals surface area contributed by atoms with Crippen molar-refractivity contribution in [1.82, 2.24) is 20.2 Å². The molecule has 0 fully saturated rings. The van der Waals surface area contributed by atoms with Gasteiger partial charge in [-0.25, -0.2) is 13.1 Å². The number of amides is 1. The molecule has 1 heterocycles. The van der Waals surface area contributed by atoms with Gasteiger partial charge in [-0.3, -0.25) is 9.89 Å². The van der Waals surface area contributed by atoms with E-state index in [1.807, 2.05) is 0 Å². The van der Waals surface area contributed by atoms with Crippen LogP contribution >= 0.6 is 15.9 Å². The van der Waals surface area contributed by atoms with Crippen LogP contribution in [0.15, 0.2) is 10.7 Å². The number of H-pyrrole nitrogens is 1. The summed E-state index contributed by atoms with van der Waals surface area (Å²) in [5.41, 5.74) is 0.246. The minimum atomic E-state index is -3.21. The Morgan fingerprint density at radius 3 is 2.76 bits per heavy atom. The van der Waals surface area contributed by atoms with E-state index in [-0.39, 0.29) is 30.4 Å². The van der Waals surface area contributed by atoms with Gasteiger partial charge in [-0.15, -0.1) is 0 Å². The molecule has 1 amide bonds. The van der Waals surface area contributed by atoms with Gasteiger partial charge in [0.05, 0.1) is 5.75 Å². The van der Waals surface area contributed by atoms with Crippen molar-refractivity contribution >= 4 is 31.9 Å². The van der Waals surface area contributed by atoms with Gasteiger partial charge >= 0.3 is 0 Å². The Hall–Kier alpha value is -0.930. The van der Waals surface area contributed by atoms with E-state index in [0.717, 1.165) is 0 Å². The fourth-order valence-electron chi connectivity index (χ4n) is 0.990. The first-order chi connectivity index (χ1) is 7.94. The van der Waals surface area contributed by atoms with Crippen molar-refractivity contribution in [1.29, 1.82) is 0 Å². The van der Waals surface area contributed by atoms with Crippen molar-refractivity contribution < 1.29 is 13.2 Å². The topological polar surface area (TPSA) is 104 Å². The SMILES string of the molecule is CCS(=O)(=O)NCCNC(=O)c1cc(Br)[nH]n1. The van der Waals surface area contributed by atoms with Crippen molar-refractivity contribution in [2.75, 3.05) is 18.8 Å². The zero-order valence-electron chi connectivity index (χ0n) is 9.16. The number of aromatic nitrogens is 2. The zero-order valence-corrected chi connectivity index (χ0v) is 11.6. The van der Waals surface area contributed by atoms with Gasteiger partial charge in [-0.2, -0.15) is 5.10 Å². The Balaban J connectivity index is 2.30. The van der Waals surface area contributed by atoms with Crippen molar-refractivity contribution in [2.45, 2.75) is 6.92 Å². The van der Waals surface area contributed by atoms with E-state index in [9.17, 15) is 13.2 Å². The molecule has 0 aliphatic rings. The average molecular weight is 325 g/mol. The molecule has 0 aromatic carbocycles. The highest BCUT2D eigenvalue weighted by Gasteiger charge is 2.09. The molecule has 0 bridgehead atoms. The maximum atomic E-state index is 11.5. The van der Waals surface area contributed by atoms with Crippen LogP contribution in [0.4, 0.5) is 0 Å². The number of hydrogen-bond donors (Lipinski definition) is 3. The van der Waals surface area contributed by atoms with Crippen LogP contribution in [0.2, 0.25) is 0 Å². The third kappa shape index (κ3) is 4.84. The summed E-state index contributed by atoms with van der Waals surface area (Å²) in [5.74, 6) is -0.338. The summed E-state index contributed by atoms with van der Waals surface area (Å²) in [6.07, 6.45) is 0. The molecule has 17 heavy (non-hydrogen) atoms. The second kappa shape index (κ2) is 6.12. The summed E-state index contributed by atoms with van der Waals surface area (Å²) in [5, 5.41) is 8.84. The predicted molar refractivity (Wildman–Crippen MR) is 66.1 cm³/mol. The van der Waals surface area contributed by atoms with Crippen LogP contribution in [0.1, 0.15) is 17.4 Å². The van der Waals surface area contributed by atoms with Gasteiger partial charge in [0.15, 0.2) is 5.69 Å². The average Bonchev–Trinajstić information content (AvgIpc) is 2.71. The van der Waals surface area contributed by atoms with Gasteiger partial charge < -0.3 is 5.32 Å². The van der Waals surface area contributed by atoms with Crippen LogP contribution < -0.4 is 10.0 Å². The molecule has 0 radical (unpaired) electrons. The first-order valence-electron chi connectivity index (χ1n) is 4.91. The van der Waals surface area contributed by atoms with Crippen LogP contribution in [0, 0.1) is 0 Å². The number of halogens is 1. The van der Waals surface area contributed by atoms with Gasteiger partial charge in [-0.1, -0.05) is 0 Å². The maximum absolute atomic E-state index is 11.5. The van der Waals surface area contributed by atoms with Gasteiger partial charge in [0.25, 0.3) is 5.91 Å². The van der Waals surface area contributed by atoms with Crippen molar-refractivity contribution in [3.05, 3.63) is 16.4 Å². The van der Waals surface area contributed by atoms with E-state index in [1.54, 1.807) is 6.92 Å². The molecule has 0 saturated carbocycles. The molecule has 1 aromatic heterocycles. The largest absolute Gasteiger partial charge is 0.349 e. The molecule has 7 nitrogen and oxygen atoms in total. The van der Waals surface area contributed by atoms with E-state index in [4.69, 9.17) is 0 Å². The minimum absolute atomic E-state index is 0.0211. The number of carbonyl (C=O) groups excluding carboxylic acids is 1. The molecule has 0 saturated heterocycles. The van der Waals surface area contributed by atoms with Crippen molar-refractivity contribution in [3.63, 3.8) is 0 Å². The lowest BCUT2D eigenvalue weighted by Crippen LogP contribution is -2.35. The Labute approximate surface area is 108 Å². The van der Waals surface area contributed by atoms with Gasteiger partial charge in [0, 0.05) is 19.2 Å². The number of rotatable bonds is 6. The van der Waals surface area contributed by atoms with Gasteiger partial charge in [-0.05, 0) is 22.9 Å². The van der Waals surface area contributed by atoms with Crippen LogP contribution in [0.25, 0.3) is 0 Å². The molecular weight excluding hydrogens is 312 g/mol. The Morgan fingerprint density at radius 1 is 1.53 bits per heavy atom. The van der Waals surface area contributed by atoms with Gasteiger partial charge in [0.2, 0.25) is 10.0 Å². The predicted octanol–water partition coefficient (Wildman–Crippen LogP) is -0.159. The highest BCUT2D eigenvalue weighted by molar-refractivity contribution is 9.10. The molecule has 0 unspecified atom stereocenters. The highest BCUT2D eigenvalue weighted by Crippen LogP contribution is 2.05. The quantitative estimate of drug-likeness (QED) is 0.632. The van der Waals surface area contributed by atoms with E-state index in [2.05, 4.69) is 36.2 Å². The minimum Gasteiger partial charge on any atom is -0.349 e. The normalized spacial score (nSPS) is 11.4. The lowest BCUT2D eigenvalue weighted by molar-refractivity contribution is 0.0949. The summed E-state index contributed by atoms with van der Waals surface area (Å²) in [4.78, 5) is 11.5. The number of nitrogens with zero attached hydrogens (tertiary/aromatic N) is 1. The smallest absolute Gasteiger partial charge is 0.271 e. The lowest BCUT2D eigenvalue weighted by atomic mass is 10.4. The first kappa shape index (κ1) is 14.1. The second-order valence-corrected chi connectivity index (χ2v) is 6.10.